The number of rotatable bonds is 5. The van der Waals surface area contributed by atoms with E-state index in [2.05, 4.69) is 4.74 Å². The summed E-state index contributed by atoms with van der Waals surface area (Å²) < 4.78 is 4.69. The number of likely N-dealkylation sites (tertiary alicyclic amines) is 1. The first-order valence-corrected chi connectivity index (χ1v) is 5.71. The van der Waals surface area contributed by atoms with E-state index in [4.69, 9.17) is 5.11 Å². The second kappa shape index (κ2) is 6.22. The second-order valence-electron chi connectivity index (χ2n) is 3.96. The van der Waals surface area contributed by atoms with Gasteiger partial charge in [-0.25, -0.2) is 0 Å². The number of hydrogen-bond acceptors (Lipinski definition) is 4. The molecule has 0 radical (unpaired) electrons. The Morgan fingerprint density at radius 3 is 2.71 bits per heavy atom. The predicted octanol–water partition coefficient (Wildman–Crippen LogP) is 0.405. The molecule has 1 N–H and O–H groups in total. The molecule has 0 aromatic carbocycles. The Morgan fingerprint density at radius 1 is 1.41 bits per heavy atom. The molecule has 1 amide bonds. The van der Waals surface area contributed by atoms with Crippen LogP contribution in [-0.2, 0) is 19.1 Å². The number of carbonyl (C=O) groups is 3. The van der Waals surface area contributed by atoms with Crippen LogP contribution in [-0.4, -0.2) is 47.0 Å². The second-order valence-corrected chi connectivity index (χ2v) is 3.96. The van der Waals surface area contributed by atoms with Crippen molar-refractivity contribution >= 4 is 17.8 Å². The molecule has 0 aromatic rings. The number of aliphatic carboxylic acids is 1. The Labute approximate surface area is 99.5 Å². The molecule has 0 aliphatic carbocycles. The van der Waals surface area contributed by atoms with Crippen LogP contribution in [0.4, 0.5) is 0 Å². The third-order valence-electron chi connectivity index (χ3n) is 2.71. The van der Waals surface area contributed by atoms with Crippen molar-refractivity contribution in [1.82, 2.24) is 4.90 Å². The molecule has 1 atom stereocenters. The summed E-state index contributed by atoms with van der Waals surface area (Å²) in [6, 6.07) is -0.283. The molecule has 0 saturated carbocycles. The van der Waals surface area contributed by atoms with Crippen molar-refractivity contribution in [3.63, 3.8) is 0 Å². The number of carboxylic acid groups (broad SMARTS) is 1. The summed E-state index contributed by atoms with van der Waals surface area (Å²) in [5, 5.41) is 8.71. The number of ether oxygens (including phenoxy) is 1. The summed E-state index contributed by atoms with van der Waals surface area (Å²) in [4.78, 5) is 35.0. The van der Waals surface area contributed by atoms with Crippen molar-refractivity contribution in [2.24, 2.45) is 0 Å². The Kier molecular flexibility index (Phi) is 4.93. The lowest BCUT2D eigenvalue weighted by Gasteiger charge is -2.23. The molecule has 96 valence electrons. The zero-order chi connectivity index (χ0) is 12.8. The summed E-state index contributed by atoms with van der Waals surface area (Å²) in [5.41, 5.74) is 0. The van der Waals surface area contributed by atoms with Crippen molar-refractivity contribution in [1.29, 1.82) is 0 Å². The first-order chi connectivity index (χ1) is 8.04. The summed E-state index contributed by atoms with van der Waals surface area (Å²) in [6.07, 6.45) is 1.10. The molecular weight excluding hydrogens is 226 g/mol. The van der Waals surface area contributed by atoms with E-state index in [1.807, 2.05) is 0 Å². The summed E-state index contributed by atoms with van der Waals surface area (Å²) in [7, 11) is 0. The van der Waals surface area contributed by atoms with Gasteiger partial charge < -0.3 is 14.7 Å². The van der Waals surface area contributed by atoms with Crippen LogP contribution in [0.15, 0.2) is 0 Å². The van der Waals surface area contributed by atoms with Crippen LogP contribution in [0.1, 0.15) is 32.6 Å². The van der Waals surface area contributed by atoms with Gasteiger partial charge in [0.05, 0.1) is 13.0 Å². The molecule has 0 spiro atoms. The van der Waals surface area contributed by atoms with Crippen LogP contribution in [0.25, 0.3) is 0 Å². The predicted molar refractivity (Wildman–Crippen MR) is 58.2 cm³/mol. The lowest BCUT2D eigenvalue weighted by atomic mass is 10.1. The van der Waals surface area contributed by atoms with Crippen LogP contribution in [0.2, 0.25) is 0 Å². The minimum absolute atomic E-state index is 0.0609. The van der Waals surface area contributed by atoms with E-state index >= 15 is 0 Å². The average molecular weight is 243 g/mol. The third-order valence-corrected chi connectivity index (χ3v) is 2.71. The zero-order valence-corrected chi connectivity index (χ0v) is 9.85. The molecule has 1 heterocycles. The van der Waals surface area contributed by atoms with Gasteiger partial charge in [0.15, 0.2) is 0 Å². The molecule has 17 heavy (non-hydrogen) atoms. The van der Waals surface area contributed by atoms with Gasteiger partial charge >= 0.3 is 11.9 Å². The highest BCUT2D eigenvalue weighted by molar-refractivity contribution is 5.94. The van der Waals surface area contributed by atoms with Crippen molar-refractivity contribution < 1.29 is 24.2 Å². The standard InChI is InChI=1S/C11H17NO5/c1-2-17-11(16)7-9(13)12-5-3-4-8(12)6-10(14)15/h8H,2-7H2,1H3,(H,14,15). The first kappa shape index (κ1) is 13.5. The topological polar surface area (TPSA) is 83.9 Å². The molecule has 1 aliphatic heterocycles. The van der Waals surface area contributed by atoms with Gasteiger partial charge in [0.1, 0.15) is 6.42 Å². The molecule has 1 aliphatic rings. The molecule has 6 heteroatoms. The van der Waals surface area contributed by atoms with E-state index in [1.165, 1.54) is 4.90 Å². The van der Waals surface area contributed by atoms with Crippen LogP contribution in [0, 0.1) is 0 Å². The van der Waals surface area contributed by atoms with E-state index in [-0.39, 0.29) is 31.4 Å². The third kappa shape index (κ3) is 4.05. The Bertz CT molecular complexity index is 315. The van der Waals surface area contributed by atoms with E-state index in [1.54, 1.807) is 6.92 Å². The highest BCUT2D eigenvalue weighted by Crippen LogP contribution is 2.21. The monoisotopic (exact) mass is 243 g/mol. The number of carbonyl (C=O) groups excluding carboxylic acids is 2. The molecule has 0 aromatic heterocycles. The van der Waals surface area contributed by atoms with Crippen molar-refractivity contribution in [3.8, 4) is 0 Å². The van der Waals surface area contributed by atoms with E-state index in [0.717, 1.165) is 6.42 Å². The number of hydrogen-bond donors (Lipinski definition) is 1. The van der Waals surface area contributed by atoms with Crippen LogP contribution >= 0.6 is 0 Å². The summed E-state index contributed by atoms with van der Waals surface area (Å²) in [6.45, 7) is 2.44. The van der Waals surface area contributed by atoms with Gasteiger partial charge in [0, 0.05) is 12.6 Å². The first-order valence-electron chi connectivity index (χ1n) is 5.71. The Balaban J connectivity index is 2.49. The van der Waals surface area contributed by atoms with Crippen molar-refractivity contribution in [3.05, 3.63) is 0 Å². The molecule has 1 saturated heterocycles. The number of carboxylic acids is 1. The maximum Gasteiger partial charge on any atom is 0.315 e. The molecular formula is C11H17NO5. The van der Waals surface area contributed by atoms with Crippen molar-refractivity contribution in [2.75, 3.05) is 13.2 Å². The minimum atomic E-state index is -0.925. The van der Waals surface area contributed by atoms with Gasteiger partial charge in [-0.1, -0.05) is 0 Å². The van der Waals surface area contributed by atoms with Gasteiger partial charge in [-0.3, -0.25) is 14.4 Å². The smallest absolute Gasteiger partial charge is 0.315 e. The Hall–Kier alpha value is -1.59. The fourth-order valence-electron chi connectivity index (χ4n) is 2.01. The van der Waals surface area contributed by atoms with Gasteiger partial charge in [-0.05, 0) is 19.8 Å². The SMILES string of the molecule is CCOC(=O)CC(=O)N1CCCC1CC(=O)O. The van der Waals surface area contributed by atoms with Crippen LogP contribution in [0.5, 0.6) is 0 Å². The fraction of sp³-hybridized carbons (Fsp3) is 0.727. The van der Waals surface area contributed by atoms with E-state index < -0.39 is 11.9 Å². The van der Waals surface area contributed by atoms with E-state index in [0.29, 0.717) is 13.0 Å². The lowest BCUT2D eigenvalue weighted by molar-refractivity contribution is -0.149. The van der Waals surface area contributed by atoms with E-state index in [9.17, 15) is 14.4 Å². The summed E-state index contributed by atoms with van der Waals surface area (Å²) in [5.74, 6) is -1.82. The normalized spacial score (nSPS) is 19.1. The van der Waals surface area contributed by atoms with Gasteiger partial charge in [-0.15, -0.1) is 0 Å². The highest BCUT2D eigenvalue weighted by atomic mass is 16.5. The van der Waals surface area contributed by atoms with Crippen molar-refractivity contribution in [2.45, 2.75) is 38.6 Å². The number of esters is 1. The number of nitrogens with zero attached hydrogens (tertiary/aromatic N) is 1. The number of amides is 1. The molecule has 1 unspecified atom stereocenters. The lowest BCUT2D eigenvalue weighted by Crippen LogP contribution is -2.38. The van der Waals surface area contributed by atoms with Crippen LogP contribution in [0.3, 0.4) is 0 Å². The summed E-state index contributed by atoms with van der Waals surface area (Å²) >= 11 is 0. The zero-order valence-electron chi connectivity index (χ0n) is 9.85. The molecule has 1 fully saturated rings. The maximum atomic E-state index is 11.8. The molecule has 6 nitrogen and oxygen atoms in total. The molecule has 0 bridgehead atoms. The highest BCUT2D eigenvalue weighted by Gasteiger charge is 2.31. The van der Waals surface area contributed by atoms with Gasteiger partial charge in [0.25, 0.3) is 0 Å². The van der Waals surface area contributed by atoms with Gasteiger partial charge in [0.2, 0.25) is 5.91 Å². The maximum absolute atomic E-state index is 11.8. The Morgan fingerprint density at radius 2 is 2.12 bits per heavy atom. The largest absolute Gasteiger partial charge is 0.481 e. The molecule has 1 rings (SSSR count). The average Bonchev–Trinajstić information content (AvgIpc) is 2.65. The van der Waals surface area contributed by atoms with Gasteiger partial charge in [-0.2, -0.15) is 0 Å². The van der Waals surface area contributed by atoms with Crippen LogP contribution < -0.4 is 0 Å². The minimum Gasteiger partial charge on any atom is -0.481 e. The quantitative estimate of drug-likeness (QED) is 0.558. The fourth-order valence-corrected chi connectivity index (χ4v) is 2.01.